The molecule has 2 atom stereocenters. The molecule has 1 amide bonds. The summed E-state index contributed by atoms with van der Waals surface area (Å²) in [6.45, 7) is 5.95. The minimum Gasteiger partial charge on any atom is -0.298 e. The van der Waals surface area contributed by atoms with Gasteiger partial charge in [0.25, 0.3) is 5.91 Å². The zero-order valence-electron chi connectivity index (χ0n) is 14.3. The predicted molar refractivity (Wildman–Crippen MR) is 93.5 cm³/mol. The third kappa shape index (κ3) is 3.87. The molecule has 4 heteroatoms. The van der Waals surface area contributed by atoms with Crippen LogP contribution in [0.3, 0.4) is 0 Å². The monoisotopic (exact) mass is 314 g/mol. The van der Waals surface area contributed by atoms with Gasteiger partial charge < -0.3 is 0 Å². The van der Waals surface area contributed by atoms with E-state index >= 15 is 0 Å². The quantitative estimate of drug-likeness (QED) is 0.533. The molecule has 0 saturated carbocycles. The fraction of sp³-hybridized carbons (Fsp3) is 0.526. The lowest BCUT2D eigenvalue weighted by Gasteiger charge is -2.18. The lowest BCUT2D eigenvalue weighted by Crippen LogP contribution is -2.36. The Kier molecular flexibility index (Phi) is 6.08. The molecule has 1 aromatic carbocycles. The molecule has 23 heavy (non-hydrogen) atoms. The largest absolute Gasteiger partial charge is 0.298 e. The molecule has 1 aliphatic heterocycles. The molecule has 0 aliphatic carbocycles. The molecule has 1 aromatic rings. The van der Waals surface area contributed by atoms with Crippen molar-refractivity contribution in [2.24, 2.45) is 16.9 Å². The number of hydrazone groups is 1. The first-order valence-electron chi connectivity index (χ1n) is 8.58. The topological polar surface area (TPSA) is 49.7 Å². The third-order valence-electron chi connectivity index (χ3n) is 4.47. The Bertz CT molecular complexity index is 580. The molecule has 124 valence electrons. The van der Waals surface area contributed by atoms with Crippen molar-refractivity contribution >= 4 is 23.1 Å². The van der Waals surface area contributed by atoms with E-state index in [1.54, 1.807) is 6.92 Å². The van der Waals surface area contributed by atoms with E-state index < -0.39 is 5.92 Å². The molecular weight excluding hydrogens is 288 g/mol. The van der Waals surface area contributed by atoms with Crippen LogP contribution in [0, 0.1) is 11.8 Å². The average molecular weight is 314 g/mol. The average Bonchev–Trinajstić information content (AvgIpc) is 2.86. The number of para-hydroxylation sites is 1. The number of hydrogen-bond acceptors (Lipinski definition) is 3. The van der Waals surface area contributed by atoms with E-state index in [0.29, 0.717) is 11.4 Å². The predicted octanol–water partition coefficient (Wildman–Crippen LogP) is 4.20. The van der Waals surface area contributed by atoms with Crippen LogP contribution in [0.25, 0.3) is 0 Å². The Morgan fingerprint density at radius 3 is 2.52 bits per heavy atom. The van der Waals surface area contributed by atoms with Crippen molar-refractivity contribution in [3.63, 3.8) is 0 Å². The lowest BCUT2D eigenvalue weighted by atomic mass is 9.85. The summed E-state index contributed by atoms with van der Waals surface area (Å²) in [4.78, 5) is 25.5. The molecule has 4 nitrogen and oxygen atoms in total. The summed E-state index contributed by atoms with van der Waals surface area (Å²) in [5.74, 6) is -0.931. The van der Waals surface area contributed by atoms with Crippen LogP contribution < -0.4 is 5.01 Å². The first-order chi connectivity index (χ1) is 11.1. The van der Waals surface area contributed by atoms with Crippen molar-refractivity contribution in [3.05, 3.63) is 30.3 Å². The lowest BCUT2D eigenvalue weighted by molar-refractivity contribution is -0.131. The van der Waals surface area contributed by atoms with Crippen LogP contribution in [0.4, 0.5) is 5.69 Å². The molecule has 0 radical (unpaired) electrons. The van der Waals surface area contributed by atoms with Crippen molar-refractivity contribution < 1.29 is 9.59 Å². The van der Waals surface area contributed by atoms with Gasteiger partial charge >= 0.3 is 0 Å². The number of rotatable bonds is 8. The number of carbonyl (C=O) groups is 2. The highest BCUT2D eigenvalue weighted by atomic mass is 16.2. The maximum absolute atomic E-state index is 12.8. The van der Waals surface area contributed by atoms with Gasteiger partial charge in [0.15, 0.2) is 5.78 Å². The Labute approximate surface area is 138 Å². The van der Waals surface area contributed by atoms with Gasteiger partial charge in [0, 0.05) is 5.92 Å². The highest BCUT2D eigenvalue weighted by Crippen LogP contribution is 2.28. The molecule has 0 unspecified atom stereocenters. The van der Waals surface area contributed by atoms with Crippen molar-refractivity contribution in [2.45, 2.75) is 52.9 Å². The molecule has 0 fully saturated rings. The van der Waals surface area contributed by atoms with Gasteiger partial charge in [-0.2, -0.15) is 10.1 Å². The van der Waals surface area contributed by atoms with Crippen molar-refractivity contribution in [3.8, 4) is 0 Å². The maximum Gasteiger partial charge on any atom is 0.263 e. The highest BCUT2D eigenvalue weighted by Gasteiger charge is 2.41. The summed E-state index contributed by atoms with van der Waals surface area (Å²) in [5.41, 5.74) is 1.32. The number of amides is 1. The molecular formula is C19H26N2O2. The zero-order valence-corrected chi connectivity index (χ0v) is 14.3. The third-order valence-corrected chi connectivity index (χ3v) is 4.47. The summed E-state index contributed by atoms with van der Waals surface area (Å²) < 4.78 is 0. The number of nitrogens with zero attached hydrogens (tertiary/aromatic N) is 2. The molecule has 2 rings (SSSR count). The van der Waals surface area contributed by atoms with E-state index in [-0.39, 0.29) is 17.6 Å². The number of anilines is 1. The van der Waals surface area contributed by atoms with Gasteiger partial charge in [0.1, 0.15) is 5.92 Å². The number of benzene rings is 1. The molecule has 1 aliphatic rings. The first kappa shape index (κ1) is 17.4. The summed E-state index contributed by atoms with van der Waals surface area (Å²) in [6.07, 6.45) is 4.96. The van der Waals surface area contributed by atoms with Crippen LogP contribution in [-0.4, -0.2) is 17.4 Å². The first-order valence-corrected chi connectivity index (χ1v) is 8.58. The Morgan fingerprint density at radius 2 is 1.91 bits per heavy atom. The van der Waals surface area contributed by atoms with Gasteiger partial charge in [-0.25, -0.2) is 0 Å². The minimum absolute atomic E-state index is 0.0354. The van der Waals surface area contributed by atoms with Crippen LogP contribution in [0.1, 0.15) is 52.9 Å². The number of ketones is 1. The zero-order chi connectivity index (χ0) is 16.8. The summed E-state index contributed by atoms with van der Waals surface area (Å²) in [7, 11) is 0. The number of Topliss-reactive ketones (excluding diaryl/α,β-unsaturated/α-hetero) is 1. The SMILES string of the molecule is CCCCC[C@H](CC)C(=O)[C@H]1C(=O)N(c2ccccc2)N=C1C. The second kappa shape index (κ2) is 8.04. The second-order valence-corrected chi connectivity index (χ2v) is 6.16. The smallest absolute Gasteiger partial charge is 0.263 e. The Morgan fingerprint density at radius 1 is 1.22 bits per heavy atom. The highest BCUT2D eigenvalue weighted by molar-refractivity contribution is 6.27. The normalized spacial score (nSPS) is 18.9. The molecule has 0 saturated heterocycles. The standard InChI is InChI=1S/C19H26N2O2/c1-4-6-8-11-15(5-2)18(22)17-14(3)20-21(19(17)23)16-12-9-7-10-13-16/h7,9-10,12-13,15,17H,4-6,8,11H2,1-3H3/t15-,17-/m0/s1. The van der Waals surface area contributed by atoms with Gasteiger partial charge in [-0.3, -0.25) is 9.59 Å². The molecule has 1 heterocycles. The van der Waals surface area contributed by atoms with Gasteiger partial charge in [0.2, 0.25) is 0 Å². The fourth-order valence-corrected chi connectivity index (χ4v) is 3.07. The van der Waals surface area contributed by atoms with E-state index in [9.17, 15) is 9.59 Å². The van der Waals surface area contributed by atoms with Crippen LogP contribution in [0.5, 0.6) is 0 Å². The van der Waals surface area contributed by atoms with Crippen molar-refractivity contribution in [1.29, 1.82) is 0 Å². The van der Waals surface area contributed by atoms with Crippen LogP contribution in [0.2, 0.25) is 0 Å². The van der Waals surface area contributed by atoms with Crippen molar-refractivity contribution in [2.75, 3.05) is 5.01 Å². The Balaban J connectivity index is 2.12. The Hall–Kier alpha value is -1.97. The van der Waals surface area contributed by atoms with E-state index in [1.165, 1.54) is 5.01 Å². The van der Waals surface area contributed by atoms with Crippen molar-refractivity contribution in [1.82, 2.24) is 0 Å². The van der Waals surface area contributed by atoms with E-state index in [4.69, 9.17) is 0 Å². The van der Waals surface area contributed by atoms with Crippen LogP contribution in [-0.2, 0) is 9.59 Å². The molecule has 0 N–H and O–H groups in total. The maximum atomic E-state index is 12.8. The number of carbonyl (C=O) groups excluding carboxylic acids is 2. The van der Waals surface area contributed by atoms with Gasteiger partial charge in [0.05, 0.1) is 11.4 Å². The molecule has 0 aromatic heterocycles. The summed E-state index contributed by atoms with van der Waals surface area (Å²) in [6, 6.07) is 9.29. The van der Waals surface area contributed by atoms with Gasteiger partial charge in [-0.1, -0.05) is 51.3 Å². The number of unbranched alkanes of at least 4 members (excludes halogenated alkanes) is 2. The second-order valence-electron chi connectivity index (χ2n) is 6.16. The number of hydrogen-bond donors (Lipinski definition) is 0. The van der Waals surface area contributed by atoms with Gasteiger partial charge in [-0.05, 0) is 31.9 Å². The molecule has 0 bridgehead atoms. The van der Waals surface area contributed by atoms with Crippen LogP contribution in [0.15, 0.2) is 35.4 Å². The summed E-state index contributed by atoms with van der Waals surface area (Å²) >= 11 is 0. The van der Waals surface area contributed by atoms with E-state index in [0.717, 1.165) is 32.1 Å². The van der Waals surface area contributed by atoms with Gasteiger partial charge in [-0.15, -0.1) is 0 Å². The van der Waals surface area contributed by atoms with E-state index in [2.05, 4.69) is 12.0 Å². The minimum atomic E-state index is -0.707. The van der Waals surface area contributed by atoms with Crippen LogP contribution >= 0.6 is 0 Å². The fourth-order valence-electron chi connectivity index (χ4n) is 3.07. The van der Waals surface area contributed by atoms with E-state index in [1.807, 2.05) is 37.3 Å². The molecule has 0 spiro atoms. The summed E-state index contributed by atoms with van der Waals surface area (Å²) in [5, 5.41) is 5.71.